The van der Waals surface area contributed by atoms with Gasteiger partial charge in [0, 0.05) is 15.0 Å². The third-order valence-electron chi connectivity index (χ3n) is 2.81. The number of amides is 1. The molecule has 2 aromatic rings. The second kappa shape index (κ2) is 8.38. The maximum Gasteiger partial charge on any atom is 0.252 e. The third kappa shape index (κ3) is 5.32. The number of hydrogen-bond acceptors (Lipinski definition) is 2. The van der Waals surface area contributed by atoms with Crippen molar-refractivity contribution in [2.45, 2.75) is 11.3 Å². The molecule has 1 amide bonds. The van der Waals surface area contributed by atoms with Crippen LogP contribution in [0, 0.1) is 9.39 Å². The van der Waals surface area contributed by atoms with Crippen molar-refractivity contribution in [3.8, 4) is 0 Å². The van der Waals surface area contributed by atoms with E-state index in [4.69, 9.17) is 0 Å². The molecule has 0 aliphatic rings. The van der Waals surface area contributed by atoms with E-state index in [2.05, 4.69) is 27.9 Å². The van der Waals surface area contributed by atoms with E-state index >= 15 is 0 Å². The molecule has 2 aromatic carbocycles. The standard InChI is InChI=1S/C16H15FINOS/c17-12-6-8-13(9-7-12)21-11-3-10-19-16(20)14-4-1-2-5-15(14)18/h1-2,4-9H,3,10-11H2,(H,19,20). The Bertz CT molecular complexity index is 603. The first kappa shape index (κ1) is 16.3. The Morgan fingerprint density at radius 3 is 2.57 bits per heavy atom. The number of rotatable bonds is 6. The van der Waals surface area contributed by atoms with E-state index < -0.39 is 0 Å². The van der Waals surface area contributed by atoms with Crippen molar-refractivity contribution in [1.29, 1.82) is 0 Å². The SMILES string of the molecule is O=C(NCCCSc1ccc(F)cc1)c1ccccc1I. The number of halogens is 2. The van der Waals surface area contributed by atoms with Crippen LogP contribution >= 0.6 is 34.4 Å². The van der Waals surface area contributed by atoms with Crippen LogP contribution in [0.2, 0.25) is 0 Å². The Morgan fingerprint density at radius 2 is 1.86 bits per heavy atom. The number of benzene rings is 2. The van der Waals surface area contributed by atoms with Gasteiger partial charge in [0.25, 0.3) is 5.91 Å². The Kier molecular flexibility index (Phi) is 6.50. The molecule has 0 spiro atoms. The fourth-order valence-electron chi connectivity index (χ4n) is 1.74. The second-order valence-electron chi connectivity index (χ2n) is 4.39. The molecular weight excluding hydrogens is 400 g/mol. The van der Waals surface area contributed by atoms with Crippen molar-refractivity contribution in [2.24, 2.45) is 0 Å². The molecule has 0 bridgehead atoms. The lowest BCUT2D eigenvalue weighted by Gasteiger charge is -2.06. The van der Waals surface area contributed by atoms with E-state index in [-0.39, 0.29) is 11.7 Å². The Labute approximate surface area is 141 Å². The number of nitrogens with one attached hydrogen (secondary N) is 1. The monoisotopic (exact) mass is 415 g/mol. The highest BCUT2D eigenvalue weighted by atomic mass is 127. The van der Waals surface area contributed by atoms with Crippen LogP contribution in [-0.2, 0) is 0 Å². The fraction of sp³-hybridized carbons (Fsp3) is 0.188. The van der Waals surface area contributed by atoms with Crippen molar-refractivity contribution in [3.05, 3.63) is 63.5 Å². The van der Waals surface area contributed by atoms with Gasteiger partial charge in [0.15, 0.2) is 0 Å². The zero-order valence-electron chi connectivity index (χ0n) is 11.3. The smallest absolute Gasteiger partial charge is 0.252 e. The highest BCUT2D eigenvalue weighted by Crippen LogP contribution is 2.18. The van der Waals surface area contributed by atoms with E-state index in [0.717, 1.165) is 20.6 Å². The van der Waals surface area contributed by atoms with E-state index in [1.165, 1.54) is 12.1 Å². The summed E-state index contributed by atoms with van der Waals surface area (Å²) >= 11 is 3.82. The quantitative estimate of drug-likeness (QED) is 0.432. The van der Waals surface area contributed by atoms with Crippen LogP contribution in [0.25, 0.3) is 0 Å². The average molecular weight is 415 g/mol. The van der Waals surface area contributed by atoms with E-state index in [1.54, 1.807) is 23.9 Å². The summed E-state index contributed by atoms with van der Waals surface area (Å²) in [6.07, 6.45) is 0.872. The minimum absolute atomic E-state index is 0.0354. The molecule has 0 heterocycles. The summed E-state index contributed by atoms with van der Waals surface area (Å²) in [7, 11) is 0. The van der Waals surface area contributed by atoms with Gasteiger partial charge in [-0.15, -0.1) is 11.8 Å². The minimum atomic E-state index is -0.218. The summed E-state index contributed by atoms with van der Waals surface area (Å²) in [5.41, 5.74) is 0.712. The summed E-state index contributed by atoms with van der Waals surface area (Å²) < 4.78 is 13.7. The summed E-state index contributed by atoms with van der Waals surface area (Å²) in [5, 5.41) is 2.92. The zero-order valence-corrected chi connectivity index (χ0v) is 14.3. The average Bonchev–Trinajstić information content (AvgIpc) is 2.49. The second-order valence-corrected chi connectivity index (χ2v) is 6.72. The van der Waals surface area contributed by atoms with Crippen LogP contribution in [0.4, 0.5) is 4.39 Å². The molecule has 0 saturated carbocycles. The highest BCUT2D eigenvalue weighted by molar-refractivity contribution is 14.1. The molecule has 2 nitrogen and oxygen atoms in total. The van der Waals surface area contributed by atoms with Crippen molar-refractivity contribution in [3.63, 3.8) is 0 Å². The van der Waals surface area contributed by atoms with Crippen molar-refractivity contribution in [2.75, 3.05) is 12.3 Å². The van der Waals surface area contributed by atoms with Gasteiger partial charge in [-0.05, 0) is 71.2 Å². The maximum absolute atomic E-state index is 12.8. The van der Waals surface area contributed by atoms with Gasteiger partial charge < -0.3 is 5.32 Å². The van der Waals surface area contributed by atoms with Crippen LogP contribution in [0.3, 0.4) is 0 Å². The molecule has 0 radical (unpaired) electrons. The van der Waals surface area contributed by atoms with Crippen molar-refractivity contribution < 1.29 is 9.18 Å². The molecule has 5 heteroatoms. The van der Waals surface area contributed by atoms with Crippen LogP contribution in [0.1, 0.15) is 16.8 Å². The molecule has 0 saturated heterocycles. The van der Waals surface area contributed by atoms with Gasteiger partial charge in [-0.3, -0.25) is 4.79 Å². The molecule has 21 heavy (non-hydrogen) atoms. The van der Waals surface area contributed by atoms with Crippen molar-refractivity contribution >= 4 is 40.3 Å². The summed E-state index contributed by atoms with van der Waals surface area (Å²) in [4.78, 5) is 13.0. The first-order valence-corrected chi connectivity index (χ1v) is 8.64. The van der Waals surface area contributed by atoms with E-state index in [1.807, 2.05) is 24.3 Å². The first-order valence-electron chi connectivity index (χ1n) is 6.58. The molecule has 0 atom stereocenters. The van der Waals surface area contributed by atoms with Crippen molar-refractivity contribution in [1.82, 2.24) is 5.32 Å². The molecule has 0 unspecified atom stereocenters. The van der Waals surface area contributed by atoms with Crippen LogP contribution < -0.4 is 5.32 Å². The number of hydrogen-bond donors (Lipinski definition) is 1. The van der Waals surface area contributed by atoms with Crippen LogP contribution in [-0.4, -0.2) is 18.2 Å². The summed E-state index contributed by atoms with van der Waals surface area (Å²) in [6.45, 7) is 0.637. The number of thioether (sulfide) groups is 1. The molecule has 1 N–H and O–H groups in total. The summed E-state index contributed by atoms with van der Waals surface area (Å²) in [5.74, 6) is 0.633. The van der Waals surface area contributed by atoms with Crippen LogP contribution in [0.5, 0.6) is 0 Å². The molecule has 0 aromatic heterocycles. The molecule has 0 aliphatic carbocycles. The molecule has 0 fully saturated rings. The van der Waals surface area contributed by atoms with Gasteiger partial charge in [0.1, 0.15) is 5.82 Å². The predicted molar refractivity (Wildman–Crippen MR) is 93.2 cm³/mol. The van der Waals surface area contributed by atoms with Gasteiger partial charge in [0.2, 0.25) is 0 Å². The number of carbonyl (C=O) groups is 1. The lowest BCUT2D eigenvalue weighted by molar-refractivity contribution is 0.0953. The first-order chi connectivity index (χ1) is 10.2. The maximum atomic E-state index is 12.8. The van der Waals surface area contributed by atoms with E-state index in [9.17, 15) is 9.18 Å². The molecule has 110 valence electrons. The van der Waals surface area contributed by atoms with Gasteiger partial charge in [-0.1, -0.05) is 12.1 Å². The largest absolute Gasteiger partial charge is 0.352 e. The van der Waals surface area contributed by atoms with Gasteiger partial charge in [-0.25, -0.2) is 4.39 Å². The van der Waals surface area contributed by atoms with Crippen LogP contribution in [0.15, 0.2) is 53.4 Å². The van der Waals surface area contributed by atoms with Gasteiger partial charge in [0.05, 0.1) is 5.56 Å². The third-order valence-corrected chi connectivity index (χ3v) is 4.85. The Morgan fingerprint density at radius 1 is 1.14 bits per heavy atom. The molecule has 2 rings (SSSR count). The van der Waals surface area contributed by atoms with Gasteiger partial charge >= 0.3 is 0 Å². The zero-order chi connectivity index (χ0) is 15.1. The minimum Gasteiger partial charge on any atom is -0.352 e. The van der Waals surface area contributed by atoms with E-state index in [0.29, 0.717) is 12.1 Å². The number of carbonyl (C=O) groups excluding carboxylic acids is 1. The Hall–Kier alpha value is -1.08. The van der Waals surface area contributed by atoms with Gasteiger partial charge in [-0.2, -0.15) is 0 Å². The fourth-order valence-corrected chi connectivity index (χ4v) is 3.22. The normalized spacial score (nSPS) is 10.4. The Balaban J connectivity index is 1.69. The predicted octanol–water partition coefficient (Wildman–Crippen LogP) is 4.34. The lowest BCUT2D eigenvalue weighted by Crippen LogP contribution is -2.25. The molecular formula is C16H15FINOS. The molecule has 0 aliphatic heterocycles. The topological polar surface area (TPSA) is 29.1 Å². The summed E-state index contributed by atoms with van der Waals surface area (Å²) in [6, 6.07) is 14.0. The highest BCUT2D eigenvalue weighted by Gasteiger charge is 2.07. The lowest BCUT2D eigenvalue weighted by atomic mass is 10.2.